The van der Waals surface area contributed by atoms with Crippen LogP contribution in [-0.2, 0) is 0 Å². The molecule has 0 aliphatic heterocycles. The third kappa shape index (κ3) is 3.27. The minimum absolute atomic E-state index is 0.124. The molecule has 1 atom stereocenters. The van der Waals surface area contributed by atoms with Crippen molar-refractivity contribution in [3.63, 3.8) is 0 Å². The zero-order chi connectivity index (χ0) is 14.7. The number of hydrogen-bond donors (Lipinski definition) is 2. The van der Waals surface area contributed by atoms with Gasteiger partial charge in [-0.2, -0.15) is 0 Å². The first-order valence-corrected chi connectivity index (χ1v) is 6.57. The molecule has 1 amide bonds. The quantitative estimate of drug-likeness (QED) is 0.900. The standard InChI is InChI=1S/C16H19NO3/c1-10-4-5-11(2)13(8-10)16(19)17-9-14(18)15-7-6-12(3)20-15/h4-8,14,18H,9H2,1-3H3,(H,17,19). The van der Waals surface area contributed by atoms with Gasteiger partial charge in [0, 0.05) is 5.56 Å². The predicted molar refractivity (Wildman–Crippen MR) is 76.7 cm³/mol. The first kappa shape index (κ1) is 14.3. The minimum Gasteiger partial charge on any atom is -0.464 e. The fourth-order valence-electron chi connectivity index (χ4n) is 2.00. The molecule has 2 rings (SSSR count). The number of aliphatic hydroxyl groups excluding tert-OH is 1. The predicted octanol–water partition coefficient (Wildman–Crippen LogP) is 2.67. The van der Waals surface area contributed by atoms with Gasteiger partial charge in [-0.25, -0.2) is 0 Å². The van der Waals surface area contributed by atoms with Crippen molar-refractivity contribution < 1.29 is 14.3 Å². The maximum Gasteiger partial charge on any atom is 0.251 e. The van der Waals surface area contributed by atoms with E-state index in [2.05, 4.69) is 5.32 Å². The monoisotopic (exact) mass is 273 g/mol. The summed E-state index contributed by atoms with van der Waals surface area (Å²) in [5.74, 6) is 1.01. The zero-order valence-corrected chi connectivity index (χ0v) is 11.9. The molecule has 2 aromatic rings. The second-order valence-electron chi connectivity index (χ2n) is 4.99. The number of carbonyl (C=O) groups excluding carboxylic acids is 1. The summed E-state index contributed by atoms with van der Waals surface area (Å²) in [5, 5.41) is 12.7. The van der Waals surface area contributed by atoms with Crippen LogP contribution in [-0.4, -0.2) is 17.6 Å². The van der Waals surface area contributed by atoms with Crippen LogP contribution in [0.15, 0.2) is 34.7 Å². The Morgan fingerprint density at radius 1 is 1.25 bits per heavy atom. The second-order valence-corrected chi connectivity index (χ2v) is 4.99. The molecule has 0 saturated carbocycles. The van der Waals surface area contributed by atoms with Gasteiger partial charge in [-0.1, -0.05) is 17.7 Å². The molecule has 1 aromatic carbocycles. The number of rotatable bonds is 4. The summed E-state index contributed by atoms with van der Waals surface area (Å²) in [7, 11) is 0. The van der Waals surface area contributed by atoms with E-state index in [4.69, 9.17) is 4.42 Å². The van der Waals surface area contributed by atoms with E-state index in [0.717, 1.165) is 16.9 Å². The van der Waals surface area contributed by atoms with Gasteiger partial charge >= 0.3 is 0 Å². The highest BCUT2D eigenvalue weighted by Crippen LogP contribution is 2.16. The van der Waals surface area contributed by atoms with Crippen LogP contribution < -0.4 is 5.32 Å². The van der Waals surface area contributed by atoms with Gasteiger partial charge in [-0.3, -0.25) is 4.79 Å². The van der Waals surface area contributed by atoms with Crippen LogP contribution in [0.5, 0.6) is 0 Å². The molecule has 0 radical (unpaired) electrons. The van der Waals surface area contributed by atoms with Gasteiger partial charge in [0.25, 0.3) is 5.91 Å². The molecule has 1 aromatic heterocycles. The minimum atomic E-state index is -0.835. The number of hydrogen-bond acceptors (Lipinski definition) is 3. The van der Waals surface area contributed by atoms with E-state index in [9.17, 15) is 9.90 Å². The Morgan fingerprint density at radius 3 is 2.65 bits per heavy atom. The molecule has 1 heterocycles. The molecule has 2 N–H and O–H groups in total. The van der Waals surface area contributed by atoms with Crippen molar-refractivity contribution in [1.82, 2.24) is 5.32 Å². The van der Waals surface area contributed by atoms with E-state index in [1.807, 2.05) is 39.0 Å². The molecule has 20 heavy (non-hydrogen) atoms. The SMILES string of the molecule is Cc1ccc(C)c(C(=O)NCC(O)c2ccc(C)o2)c1. The maximum atomic E-state index is 12.1. The molecule has 0 aliphatic rings. The van der Waals surface area contributed by atoms with Crippen molar-refractivity contribution in [3.8, 4) is 0 Å². The van der Waals surface area contributed by atoms with Gasteiger partial charge in [0.1, 0.15) is 17.6 Å². The number of aryl methyl sites for hydroxylation is 3. The van der Waals surface area contributed by atoms with Crippen molar-refractivity contribution in [2.75, 3.05) is 6.54 Å². The van der Waals surface area contributed by atoms with E-state index in [1.54, 1.807) is 12.1 Å². The topological polar surface area (TPSA) is 62.5 Å². The van der Waals surface area contributed by atoms with E-state index in [-0.39, 0.29) is 12.5 Å². The Bertz CT molecular complexity index is 616. The molecule has 0 bridgehead atoms. The van der Waals surface area contributed by atoms with Crippen LogP contribution in [0.1, 0.15) is 39.1 Å². The maximum absolute atomic E-state index is 12.1. The van der Waals surface area contributed by atoms with Crippen LogP contribution in [0, 0.1) is 20.8 Å². The van der Waals surface area contributed by atoms with Crippen LogP contribution in [0.25, 0.3) is 0 Å². The largest absolute Gasteiger partial charge is 0.464 e. The third-order valence-electron chi connectivity index (χ3n) is 3.18. The van der Waals surface area contributed by atoms with Crippen LogP contribution >= 0.6 is 0 Å². The molecule has 0 fully saturated rings. The summed E-state index contributed by atoms with van der Waals surface area (Å²) >= 11 is 0. The fraction of sp³-hybridized carbons (Fsp3) is 0.312. The molecule has 0 aliphatic carbocycles. The summed E-state index contributed by atoms with van der Waals surface area (Å²) in [6.07, 6.45) is -0.835. The molecular weight excluding hydrogens is 254 g/mol. The first-order chi connectivity index (χ1) is 9.47. The summed E-state index contributed by atoms with van der Waals surface area (Å²) in [6.45, 7) is 5.77. The average Bonchev–Trinajstić information content (AvgIpc) is 2.85. The highest BCUT2D eigenvalue weighted by atomic mass is 16.4. The fourth-order valence-corrected chi connectivity index (χ4v) is 2.00. The lowest BCUT2D eigenvalue weighted by molar-refractivity contribution is 0.0899. The Morgan fingerprint density at radius 2 is 2.00 bits per heavy atom. The molecule has 1 unspecified atom stereocenters. The highest BCUT2D eigenvalue weighted by molar-refractivity contribution is 5.95. The summed E-state index contributed by atoms with van der Waals surface area (Å²) in [6, 6.07) is 9.21. The average molecular weight is 273 g/mol. The molecule has 4 heteroatoms. The Kier molecular flexibility index (Phi) is 4.25. The molecule has 0 saturated heterocycles. The van der Waals surface area contributed by atoms with Gasteiger partial charge in [-0.05, 0) is 44.5 Å². The van der Waals surface area contributed by atoms with Gasteiger partial charge in [-0.15, -0.1) is 0 Å². The number of aliphatic hydroxyl groups is 1. The van der Waals surface area contributed by atoms with E-state index in [1.165, 1.54) is 0 Å². The highest BCUT2D eigenvalue weighted by Gasteiger charge is 2.14. The first-order valence-electron chi connectivity index (χ1n) is 6.57. The van der Waals surface area contributed by atoms with Gasteiger partial charge in [0.05, 0.1) is 6.54 Å². The van der Waals surface area contributed by atoms with Gasteiger partial charge in [0.15, 0.2) is 0 Å². The number of carbonyl (C=O) groups is 1. The molecule has 4 nitrogen and oxygen atoms in total. The lowest BCUT2D eigenvalue weighted by Gasteiger charge is -2.11. The van der Waals surface area contributed by atoms with Crippen molar-refractivity contribution in [1.29, 1.82) is 0 Å². The number of benzene rings is 1. The lowest BCUT2D eigenvalue weighted by atomic mass is 10.1. The van der Waals surface area contributed by atoms with Crippen LogP contribution in [0.3, 0.4) is 0 Å². The summed E-state index contributed by atoms with van der Waals surface area (Å²) < 4.78 is 5.32. The summed E-state index contributed by atoms with van der Waals surface area (Å²) in [4.78, 5) is 12.1. The Balaban J connectivity index is 2.00. The van der Waals surface area contributed by atoms with Crippen LogP contribution in [0.2, 0.25) is 0 Å². The van der Waals surface area contributed by atoms with Crippen molar-refractivity contribution in [2.45, 2.75) is 26.9 Å². The van der Waals surface area contributed by atoms with E-state index < -0.39 is 6.10 Å². The number of nitrogens with one attached hydrogen (secondary N) is 1. The number of furan rings is 1. The van der Waals surface area contributed by atoms with E-state index in [0.29, 0.717) is 11.3 Å². The van der Waals surface area contributed by atoms with Crippen molar-refractivity contribution >= 4 is 5.91 Å². The Hall–Kier alpha value is -2.07. The van der Waals surface area contributed by atoms with Crippen LogP contribution in [0.4, 0.5) is 0 Å². The van der Waals surface area contributed by atoms with Gasteiger partial charge in [0.2, 0.25) is 0 Å². The smallest absolute Gasteiger partial charge is 0.251 e. The summed E-state index contributed by atoms with van der Waals surface area (Å²) in [5.41, 5.74) is 2.58. The normalized spacial score (nSPS) is 12.2. The molecule has 0 spiro atoms. The van der Waals surface area contributed by atoms with Gasteiger partial charge < -0.3 is 14.8 Å². The second kappa shape index (κ2) is 5.92. The number of amides is 1. The third-order valence-corrected chi connectivity index (χ3v) is 3.18. The lowest BCUT2D eigenvalue weighted by Crippen LogP contribution is -2.28. The molecule has 106 valence electrons. The van der Waals surface area contributed by atoms with Crippen molar-refractivity contribution in [3.05, 3.63) is 58.5 Å². The van der Waals surface area contributed by atoms with E-state index >= 15 is 0 Å². The Labute approximate surface area is 118 Å². The van der Waals surface area contributed by atoms with Crippen molar-refractivity contribution in [2.24, 2.45) is 0 Å². The zero-order valence-electron chi connectivity index (χ0n) is 11.9. The molecular formula is C16H19NO3.